The lowest BCUT2D eigenvalue weighted by Crippen LogP contribution is -2.39. The molecule has 1 aliphatic heterocycles. The molecule has 0 aromatic heterocycles. The van der Waals surface area contributed by atoms with Gasteiger partial charge in [-0.3, -0.25) is 0 Å². The Balaban J connectivity index is 2.25. The normalized spacial score (nSPS) is 28.0. The lowest BCUT2D eigenvalue weighted by molar-refractivity contribution is 0.343. The number of hydrogen-bond acceptors (Lipinski definition) is 3. The van der Waals surface area contributed by atoms with Crippen LogP contribution in [-0.4, -0.2) is 6.17 Å². The van der Waals surface area contributed by atoms with Gasteiger partial charge in [0.1, 0.15) is 5.82 Å². The molecule has 2 rings (SSSR count). The fourth-order valence-electron chi connectivity index (χ4n) is 2.52. The summed E-state index contributed by atoms with van der Waals surface area (Å²) < 4.78 is 14.2. The Bertz CT molecular complexity index is 404. The van der Waals surface area contributed by atoms with Gasteiger partial charge in [-0.2, -0.15) is 0 Å². The lowest BCUT2D eigenvalue weighted by atomic mass is 9.86. The van der Waals surface area contributed by atoms with Crippen molar-refractivity contribution in [2.75, 3.05) is 0 Å². The summed E-state index contributed by atoms with van der Waals surface area (Å²) in [5.41, 5.74) is 13.2. The first-order chi connectivity index (χ1) is 8.47. The van der Waals surface area contributed by atoms with Crippen LogP contribution in [0.3, 0.4) is 0 Å². The molecule has 0 spiro atoms. The minimum Gasteiger partial charge on any atom is -0.315 e. The summed E-state index contributed by atoms with van der Waals surface area (Å²) in [5, 5.41) is 0. The summed E-state index contributed by atoms with van der Waals surface area (Å²) in [6.07, 6.45) is 0.902. The second-order valence-corrected chi connectivity index (χ2v) is 6.20. The van der Waals surface area contributed by atoms with E-state index in [1.54, 1.807) is 6.07 Å². The van der Waals surface area contributed by atoms with Crippen molar-refractivity contribution in [1.82, 2.24) is 10.9 Å². The second-order valence-electron chi connectivity index (χ2n) is 5.29. The molecule has 4 N–H and O–H groups in total. The molecule has 1 aliphatic rings. The van der Waals surface area contributed by atoms with Gasteiger partial charge in [-0.1, -0.05) is 29.8 Å². The van der Waals surface area contributed by atoms with Crippen LogP contribution in [0.5, 0.6) is 0 Å². The Labute approximate surface area is 115 Å². The van der Waals surface area contributed by atoms with Gasteiger partial charge in [0.15, 0.2) is 0 Å². The zero-order valence-electron chi connectivity index (χ0n) is 10.6. The maximum absolute atomic E-state index is 13.5. The molecule has 1 heterocycles. The molecule has 3 nitrogen and oxygen atoms in total. The molecule has 1 aromatic carbocycles. The van der Waals surface area contributed by atoms with E-state index in [0.717, 1.165) is 16.5 Å². The SMILES string of the molecule is CC(C)CC1C(N)NNC1c1cc(F)cc(Br)c1. The fourth-order valence-corrected chi connectivity index (χ4v) is 3.00. The third-order valence-electron chi connectivity index (χ3n) is 3.28. The number of halogens is 2. The van der Waals surface area contributed by atoms with Gasteiger partial charge in [0.05, 0.1) is 12.2 Å². The topological polar surface area (TPSA) is 50.1 Å². The monoisotopic (exact) mass is 315 g/mol. The van der Waals surface area contributed by atoms with Gasteiger partial charge < -0.3 is 5.73 Å². The van der Waals surface area contributed by atoms with Gasteiger partial charge in [0, 0.05) is 10.4 Å². The third-order valence-corrected chi connectivity index (χ3v) is 3.74. The molecular formula is C13H19BrFN3. The van der Waals surface area contributed by atoms with Crippen molar-refractivity contribution in [3.8, 4) is 0 Å². The molecule has 100 valence electrons. The van der Waals surface area contributed by atoms with Crippen molar-refractivity contribution in [3.05, 3.63) is 34.1 Å². The maximum Gasteiger partial charge on any atom is 0.124 e. The summed E-state index contributed by atoms with van der Waals surface area (Å²) >= 11 is 3.33. The van der Waals surface area contributed by atoms with Crippen LogP contribution in [0, 0.1) is 17.7 Å². The maximum atomic E-state index is 13.5. The Morgan fingerprint density at radius 1 is 1.33 bits per heavy atom. The third kappa shape index (κ3) is 3.09. The van der Waals surface area contributed by atoms with E-state index < -0.39 is 0 Å². The molecule has 1 aromatic rings. The molecule has 1 saturated heterocycles. The zero-order chi connectivity index (χ0) is 13.3. The van der Waals surface area contributed by atoms with Gasteiger partial charge >= 0.3 is 0 Å². The van der Waals surface area contributed by atoms with E-state index in [2.05, 4.69) is 40.6 Å². The number of hydrogen-bond donors (Lipinski definition) is 3. The molecule has 0 bridgehead atoms. The quantitative estimate of drug-likeness (QED) is 0.804. The summed E-state index contributed by atoms with van der Waals surface area (Å²) in [6.45, 7) is 4.34. The van der Waals surface area contributed by atoms with Crippen molar-refractivity contribution < 1.29 is 4.39 Å². The highest BCUT2D eigenvalue weighted by atomic mass is 79.9. The average Bonchev–Trinajstić information content (AvgIpc) is 2.58. The van der Waals surface area contributed by atoms with E-state index in [0.29, 0.717) is 5.92 Å². The number of nitrogens with two attached hydrogens (primary N) is 1. The van der Waals surface area contributed by atoms with Gasteiger partial charge in [-0.25, -0.2) is 15.2 Å². The Hall–Kier alpha value is -0.490. The highest BCUT2D eigenvalue weighted by molar-refractivity contribution is 9.10. The van der Waals surface area contributed by atoms with Crippen LogP contribution in [0.2, 0.25) is 0 Å². The van der Waals surface area contributed by atoms with E-state index in [1.165, 1.54) is 6.07 Å². The number of rotatable bonds is 3. The van der Waals surface area contributed by atoms with Crippen molar-refractivity contribution >= 4 is 15.9 Å². The average molecular weight is 316 g/mol. The summed E-state index contributed by atoms with van der Waals surface area (Å²) in [6, 6.07) is 5.02. The molecule has 5 heteroatoms. The lowest BCUT2D eigenvalue weighted by Gasteiger charge is -2.23. The van der Waals surface area contributed by atoms with Gasteiger partial charge in [-0.15, -0.1) is 0 Å². The Morgan fingerprint density at radius 2 is 2.06 bits per heavy atom. The molecule has 3 atom stereocenters. The molecular weight excluding hydrogens is 297 g/mol. The Kier molecular flexibility index (Phi) is 4.37. The Morgan fingerprint density at radius 3 is 2.67 bits per heavy atom. The molecule has 0 saturated carbocycles. The first-order valence-electron chi connectivity index (χ1n) is 6.20. The predicted molar refractivity (Wildman–Crippen MR) is 74.0 cm³/mol. The minimum atomic E-state index is -0.232. The summed E-state index contributed by atoms with van der Waals surface area (Å²) in [4.78, 5) is 0. The van der Waals surface area contributed by atoms with Crippen LogP contribution in [0.25, 0.3) is 0 Å². The predicted octanol–water partition coefficient (Wildman–Crippen LogP) is 2.68. The van der Waals surface area contributed by atoms with Crippen LogP contribution in [0.1, 0.15) is 31.9 Å². The molecule has 0 radical (unpaired) electrons. The van der Waals surface area contributed by atoms with Crippen molar-refractivity contribution in [2.45, 2.75) is 32.5 Å². The first kappa shape index (κ1) is 13.9. The summed E-state index contributed by atoms with van der Waals surface area (Å²) in [5.74, 6) is 0.589. The van der Waals surface area contributed by atoms with Crippen LogP contribution >= 0.6 is 15.9 Å². The standard InChI is InChI=1S/C13H19BrFN3/c1-7(2)3-11-12(17-18-13(11)16)8-4-9(14)6-10(15)5-8/h4-7,11-13,17-18H,3,16H2,1-2H3. The largest absolute Gasteiger partial charge is 0.315 e. The van der Waals surface area contributed by atoms with E-state index in [-0.39, 0.29) is 23.9 Å². The van der Waals surface area contributed by atoms with Crippen LogP contribution < -0.4 is 16.6 Å². The van der Waals surface area contributed by atoms with Crippen molar-refractivity contribution in [1.29, 1.82) is 0 Å². The highest BCUT2D eigenvalue weighted by Crippen LogP contribution is 2.33. The van der Waals surface area contributed by atoms with E-state index >= 15 is 0 Å². The molecule has 18 heavy (non-hydrogen) atoms. The first-order valence-corrected chi connectivity index (χ1v) is 6.99. The number of hydrazine groups is 1. The highest BCUT2D eigenvalue weighted by Gasteiger charge is 2.35. The molecule has 0 amide bonds. The van der Waals surface area contributed by atoms with Crippen LogP contribution in [0.4, 0.5) is 4.39 Å². The van der Waals surface area contributed by atoms with Crippen LogP contribution in [0.15, 0.2) is 22.7 Å². The van der Waals surface area contributed by atoms with Gasteiger partial charge in [0.25, 0.3) is 0 Å². The van der Waals surface area contributed by atoms with E-state index in [4.69, 9.17) is 5.73 Å². The molecule has 3 unspecified atom stereocenters. The van der Waals surface area contributed by atoms with Gasteiger partial charge in [-0.05, 0) is 36.1 Å². The zero-order valence-corrected chi connectivity index (χ0v) is 12.2. The van der Waals surface area contributed by atoms with E-state index in [9.17, 15) is 4.39 Å². The van der Waals surface area contributed by atoms with E-state index in [1.807, 2.05) is 6.07 Å². The second kappa shape index (κ2) is 5.65. The fraction of sp³-hybridized carbons (Fsp3) is 0.538. The summed E-state index contributed by atoms with van der Waals surface area (Å²) in [7, 11) is 0. The van der Waals surface area contributed by atoms with Crippen molar-refractivity contribution in [3.63, 3.8) is 0 Å². The molecule has 0 aliphatic carbocycles. The number of benzene rings is 1. The van der Waals surface area contributed by atoms with Gasteiger partial charge in [0.2, 0.25) is 0 Å². The smallest absolute Gasteiger partial charge is 0.124 e. The van der Waals surface area contributed by atoms with Crippen LogP contribution in [-0.2, 0) is 0 Å². The molecule has 1 fully saturated rings. The number of nitrogens with one attached hydrogen (secondary N) is 2. The minimum absolute atomic E-state index is 0.0504. The van der Waals surface area contributed by atoms with Crippen molar-refractivity contribution in [2.24, 2.45) is 17.6 Å².